The Morgan fingerprint density at radius 3 is 2.72 bits per heavy atom. The zero-order chi connectivity index (χ0) is 22.2. The molecular weight excluding hydrogens is 404 g/mol. The number of rotatable bonds is 4. The Morgan fingerprint density at radius 2 is 1.97 bits per heavy atom. The van der Waals surface area contributed by atoms with Gasteiger partial charge in [-0.2, -0.15) is 5.10 Å². The van der Waals surface area contributed by atoms with Gasteiger partial charge in [0, 0.05) is 49.9 Å². The maximum Gasteiger partial charge on any atom is 0.257 e. The van der Waals surface area contributed by atoms with E-state index in [0.717, 1.165) is 34.9 Å². The summed E-state index contributed by atoms with van der Waals surface area (Å²) in [5, 5.41) is 4.10. The van der Waals surface area contributed by atoms with Crippen molar-refractivity contribution in [3.8, 4) is 0 Å². The number of hydrogen-bond donors (Lipinski definition) is 0. The van der Waals surface area contributed by atoms with E-state index in [2.05, 4.69) is 5.10 Å². The minimum absolute atomic E-state index is 0.0174. The van der Waals surface area contributed by atoms with Gasteiger partial charge in [-0.25, -0.2) is 9.97 Å². The molecule has 5 rings (SSSR count). The lowest BCUT2D eigenvalue weighted by atomic mass is 10.0. The molecule has 0 unspecified atom stereocenters. The van der Waals surface area contributed by atoms with Crippen molar-refractivity contribution in [1.82, 2.24) is 24.6 Å². The first-order chi connectivity index (χ1) is 15.5. The molecule has 0 aliphatic carbocycles. The van der Waals surface area contributed by atoms with Gasteiger partial charge >= 0.3 is 0 Å². The molecule has 2 amide bonds. The van der Waals surface area contributed by atoms with Crippen molar-refractivity contribution < 1.29 is 9.59 Å². The van der Waals surface area contributed by atoms with Crippen molar-refractivity contribution in [2.24, 2.45) is 7.05 Å². The second-order valence-electron chi connectivity index (χ2n) is 8.57. The zero-order valence-electron chi connectivity index (χ0n) is 18.4. The van der Waals surface area contributed by atoms with Crippen molar-refractivity contribution in [1.29, 1.82) is 0 Å². The van der Waals surface area contributed by atoms with Crippen LogP contribution in [0.25, 0.3) is 0 Å². The molecule has 2 aliphatic rings. The van der Waals surface area contributed by atoms with E-state index in [9.17, 15) is 9.59 Å². The lowest BCUT2D eigenvalue weighted by molar-refractivity contribution is -0.119. The van der Waals surface area contributed by atoms with Crippen LogP contribution in [0.3, 0.4) is 0 Å². The topological polar surface area (TPSA) is 84.2 Å². The quantitative estimate of drug-likeness (QED) is 0.635. The van der Waals surface area contributed by atoms with Gasteiger partial charge < -0.3 is 4.90 Å². The smallest absolute Gasteiger partial charge is 0.257 e. The molecule has 1 saturated heterocycles. The van der Waals surface area contributed by atoms with Crippen molar-refractivity contribution >= 4 is 17.6 Å². The number of carbonyl (C=O) groups is 2. The fourth-order valence-corrected chi connectivity index (χ4v) is 4.58. The first kappa shape index (κ1) is 20.4. The molecule has 8 heteroatoms. The predicted octanol–water partition coefficient (Wildman–Crippen LogP) is 2.63. The van der Waals surface area contributed by atoms with Gasteiger partial charge in [0.1, 0.15) is 11.6 Å². The van der Waals surface area contributed by atoms with Gasteiger partial charge in [0.2, 0.25) is 5.91 Å². The molecule has 3 aromatic rings. The molecule has 0 N–H and O–H groups in total. The number of anilines is 1. The summed E-state index contributed by atoms with van der Waals surface area (Å²) in [6.07, 6.45) is 5.28. The van der Waals surface area contributed by atoms with Crippen LogP contribution in [-0.2, 0) is 24.8 Å². The lowest BCUT2D eigenvalue weighted by Gasteiger charge is -2.30. The van der Waals surface area contributed by atoms with E-state index >= 15 is 0 Å². The normalized spacial score (nSPS) is 18.2. The number of benzene rings is 1. The molecule has 1 fully saturated rings. The number of carbonyl (C=O) groups excluding carboxylic acids is 2. The average Bonchev–Trinajstić information content (AvgIpc) is 3.45. The molecule has 0 spiro atoms. The monoisotopic (exact) mass is 430 g/mol. The van der Waals surface area contributed by atoms with E-state index in [1.165, 1.54) is 0 Å². The molecule has 0 bridgehead atoms. The highest BCUT2D eigenvalue weighted by molar-refractivity contribution is 5.95. The van der Waals surface area contributed by atoms with Crippen LogP contribution >= 0.6 is 0 Å². The SMILES string of the molecule is Cc1nc([C@@H]2CCN(C(=O)c3cnn(C)c3)C2)nc2c1CCC(=O)N2Cc1ccccc1. The van der Waals surface area contributed by atoms with Gasteiger partial charge in [-0.05, 0) is 25.3 Å². The average molecular weight is 431 g/mol. The Morgan fingerprint density at radius 1 is 1.16 bits per heavy atom. The van der Waals surface area contributed by atoms with Crippen LogP contribution in [0.5, 0.6) is 0 Å². The molecule has 0 saturated carbocycles. The molecule has 0 radical (unpaired) electrons. The molecule has 1 atom stereocenters. The van der Waals surface area contributed by atoms with Crippen LogP contribution < -0.4 is 4.90 Å². The van der Waals surface area contributed by atoms with E-state index < -0.39 is 0 Å². The minimum atomic E-state index is -0.0174. The van der Waals surface area contributed by atoms with Crippen molar-refractivity contribution in [3.05, 3.63) is 70.9 Å². The van der Waals surface area contributed by atoms with Gasteiger partial charge in [0.25, 0.3) is 5.91 Å². The highest BCUT2D eigenvalue weighted by Crippen LogP contribution is 2.33. The van der Waals surface area contributed by atoms with Crippen LogP contribution in [0.1, 0.15) is 51.8 Å². The van der Waals surface area contributed by atoms with Crippen LogP contribution in [0.15, 0.2) is 42.7 Å². The summed E-state index contributed by atoms with van der Waals surface area (Å²) < 4.78 is 1.63. The van der Waals surface area contributed by atoms with Crippen molar-refractivity contribution in [3.63, 3.8) is 0 Å². The molecule has 2 aliphatic heterocycles. The van der Waals surface area contributed by atoms with Crippen molar-refractivity contribution in [2.75, 3.05) is 18.0 Å². The van der Waals surface area contributed by atoms with E-state index in [0.29, 0.717) is 38.0 Å². The summed E-state index contributed by atoms with van der Waals surface area (Å²) in [4.78, 5) is 39.0. The van der Waals surface area contributed by atoms with E-state index in [1.54, 1.807) is 29.0 Å². The van der Waals surface area contributed by atoms with Gasteiger partial charge in [-0.3, -0.25) is 19.2 Å². The number of hydrogen-bond acceptors (Lipinski definition) is 5. The van der Waals surface area contributed by atoms with Gasteiger partial charge in [0.05, 0.1) is 18.3 Å². The summed E-state index contributed by atoms with van der Waals surface area (Å²) >= 11 is 0. The van der Waals surface area contributed by atoms with Gasteiger partial charge in [-0.1, -0.05) is 30.3 Å². The third kappa shape index (κ3) is 3.77. The number of amides is 2. The Bertz CT molecular complexity index is 1170. The van der Waals surface area contributed by atoms with Crippen LogP contribution in [0, 0.1) is 6.92 Å². The summed E-state index contributed by atoms with van der Waals surface area (Å²) in [5.74, 6) is 1.57. The third-order valence-corrected chi connectivity index (χ3v) is 6.33. The Hall–Kier alpha value is -3.55. The van der Waals surface area contributed by atoms with Crippen LogP contribution in [0.2, 0.25) is 0 Å². The van der Waals surface area contributed by atoms with Crippen molar-refractivity contribution in [2.45, 2.75) is 38.6 Å². The summed E-state index contributed by atoms with van der Waals surface area (Å²) in [6.45, 7) is 3.72. The highest BCUT2D eigenvalue weighted by Gasteiger charge is 2.33. The van der Waals surface area contributed by atoms with Gasteiger partial charge in [-0.15, -0.1) is 0 Å². The maximum atomic E-state index is 12.8. The first-order valence-corrected chi connectivity index (χ1v) is 11.0. The van der Waals surface area contributed by atoms with Crippen LogP contribution in [0.4, 0.5) is 5.82 Å². The Labute approximate surface area is 186 Å². The van der Waals surface area contributed by atoms with Gasteiger partial charge in [0.15, 0.2) is 0 Å². The molecule has 8 nitrogen and oxygen atoms in total. The predicted molar refractivity (Wildman–Crippen MR) is 119 cm³/mol. The number of likely N-dealkylation sites (tertiary alicyclic amines) is 1. The summed E-state index contributed by atoms with van der Waals surface area (Å²) in [7, 11) is 1.80. The lowest BCUT2D eigenvalue weighted by Crippen LogP contribution is -2.36. The molecule has 2 aromatic heterocycles. The van der Waals surface area contributed by atoms with E-state index in [-0.39, 0.29) is 17.7 Å². The Kier molecular flexibility index (Phi) is 5.20. The second-order valence-corrected chi connectivity index (χ2v) is 8.57. The largest absolute Gasteiger partial charge is 0.338 e. The summed E-state index contributed by atoms with van der Waals surface area (Å²) in [6, 6.07) is 9.98. The van der Waals surface area contributed by atoms with E-state index in [1.807, 2.05) is 42.2 Å². The second kappa shape index (κ2) is 8.18. The number of aromatic nitrogens is 4. The van der Waals surface area contributed by atoms with E-state index in [4.69, 9.17) is 9.97 Å². The fourth-order valence-electron chi connectivity index (χ4n) is 4.58. The molecular formula is C24H26N6O2. The fraction of sp³-hybridized carbons (Fsp3) is 0.375. The number of aryl methyl sites for hydroxylation is 2. The molecule has 164 valence electrons. The standard InChI is InChI=1S/C24H26N6O2/c1-16-20-8-9-21(31)30(13-17-6-4-3-5-7-17)23(20)27-22(26-16)18-10-11-29(15-18)24(32)19-12-25-28(2)14-19/h3-7,12,14,18H,8-11,13,15H2,1-2H3/t18-/m1/s1. The highest BCUT2D eigenvalue weighted by atomic mass is 16.2. The molecule has 4 heterocycles. The van der Waals surface area contributed by atoms with Crippen LogP contribution in [-0.4, -0.2) is 49.6 Å². The third-order valence-electron chi connectivity index (χ3n) is 6.33. The maximum absolute atomic E-state index is 12.8. The molecule has 32 heavy (non-hydrogen) atoms. The minimum Gasteiger partial charge on any atom is -0.338 e. The number of fused-ring (bicyclic) bond motifs is 1. The first-order valence-electron chi connectivity index (χ1n) is 11.0. The molecule has 1 aromatic carbocycles. The zero-order valence-corrected chi connectivity index (χ0v) is 18.4. The Balaban J connectivity index is 1.41. The summed E-state index contributed by atoms with van der Waals surface area (Å²) in [5.41, 5.74) is 3.63. The number of nitrogens with zero attached hydrogens (tertiary/aromatic N) is 6.